The van der Waals surface area contributed by atoms with Gasteiger partial charge in [0.15, 0.2) is 0 Å². The van der Waals surface area contributed by atoms with Crippen LogP contribution < -0.4 is 5.32 Å². The Bertz CT molecular complexity index is 620. The van der Waals surface area contributed by atoms with Crippen molar-refractivity contribution in [3.63, 3.8) is 0 Å². The molecule has 2 amide bonds. The second-order valence-electron chi connectivity index (χ2n) is 6.19. The second kappa shape index (κ2) is 7.47. The van der Waals surface area contributed by atoms with Crippen molar-refractivity contribution < 1.29 is 19.1 Å². The molecule has 2 rings (SSSR count). The molecule has 6 heteroatoms. The Morgan fingerprint density at radius 2 is 1.83 bits per heavy atom. The van der Waals surface area contributed by atoms with Gasteiger partial charge in [-0.2, -0.15) is 0 Å². The highest BCUT2D eigenvalue weighted by molar-refractivity contribution is 6.13. The van der Waals surface area contributed by atoms with Crippen LogP contribution in [0.4, 0.5) is 5.69 Å². The van der Waals surface area contributed by atoms with E-state index in [0.717, 1.165) is 12.8 Å². The summed E-state index contributed by atoms with van der Waals surface area (Å²) in [6.07, 6.45) is 3.08. The lowest BCUT2D eigenvalue weighted by molar-refractivity contribution is -0.141. The highest BCUT2D eigenvalue weighted by Gasteiger charge is 2.57. The number of rotatable bonds is 7. The van der Waals surface area contributed by atoms with E-state index in [9.17, 15) is 14.4 Å². The summed E-state index contributed by atoms with van der Waals surface area (Å²) in [5.41, 5.74) is 0.0405. The van der Waals surface area contributed by atoms with Crippen LogP contribution in [0.3, 0.4) is 0 Å². The molecule has 24 heavy (non-hydrogen) atoms. The first-order valence-electron chi connectivity index (χ1n) is 8.20. The van der Waals surface area contributed by atoms with Gasteiger partial charge in [0, 0.05) is 19.3 Å². The van der Waals surface area contributed by atoms with E-state index >= 15 is 0 Å². The van der Waals surface area contributed by atoms with E-state index in [1.54, 1.807) is 36.2 Å². The standard InChI is InChI=1S/C18H24N2O4/c1-4-5-12-20(2)17(23)18(10-11-18)16(22)19-14-8-6-13(7-9-14)15(21)24-3/h6-9H,4-5,10-12H2,1-3H3,(H,19,22). The predicted octanol–water partition coefficient (Wildman–Crippen LogP) is 2.45. The molecule has 0 spiro atoms. The topological polar surface area (TPSA) is 75.7 Å². The number of benzene rings is 1. The zero-order chi connectivity index (χ0) is 17.7. The second-order valence-corrected chi connectivity index (χ2v) is 6.19. The number of carbonyl (C=O) groups is 3. The van der Waals surface area contributed by atoms with Gasteiger partial charge in [-0.05, 0) is 43.5 Å². The molecule has 0 aliphatic heterocycles. The molecule has 1 aromatic rings. The van der Waals surface area contributed by atoms with Gasteiger partial charge in [0.2, 0.25) is 11.8 Å². The summed E-state index contributed by atoms with van der Waals surface area (Å²) in [6.45, 7) is 2.73. The number of ether oxygens (including phenoxy) is 1. The molecule has 1 aliphatic carbocycles. The van der Waals surface area contributed by atoms with Crippen LogP contribution in [-0.2, 0) is 14.3 Å². The van der Waals surface area contributed by atoms with E-state index in [1.165, 1.54) is 7.11 Å². The van der Waals surface area contributed by atoms with Crippen LogP contribution >= 0.6 is 0 Å². The number of esters is 1. The SMILES string of the molecule is CCCCN(C)C(=O)C1(C(=O)Nc2ccc(C(=O)OC)cc2)CC1. The van der Waals surface area contributed by atoms with Crippen molar-refractivity contribution in [1.82, 2.24) is 4.90 Å². The molecule has 1 aliphatic rings. The molecule has 0 heterocycles. The minimum absolute atomic E-state index is 0.111. The van der Waals surface area contributed by atoms with Crippen molar-refractivity contribution in [3.8, 4) is 0 Å². The Morgan fingerprint density at radius 3 is 2.33 bits per heavy atom. The molecule has 1 saturated carbocycles. The number of anilines is 1. The van der Waals surface area contributed by atoms with Crippen LogP contribution in [0.2, 0.25) is 0 Å². The third kappa shape index (κ3) is 3.75. The van der Waals surface area contributed by atoms with Gasteiger partial charge in [-0.1, -0.05) is 13.3 Å². The molecule has 0 aromatic heterocycles. The number of methoxy groups -OCH3 is 1. The third-order valence-electron chi connectivity index (χ3n) is 4.35. The number of amides is 2. The highest BCUT2D eigenvalue weighted by atomic mass is 16.5. The lowest BCUT2D eigenvalue weighted by Gasteiger charge is -2.23. The van der Waals surface area contributed by atoms with E-state index in [1.807, 2.05) is 0 Å². The molecule has 130 valence electrons. The van der Waals surface area contributed by atoms with Gasteiger partial charge in [-0.15, -0.1) is 0 Å². The van der Waals surface area contributed by atoms with Crippen LogP contribution in [-0.4, -0.2) is 43.4 Å². The summed E-state index contributed by atoms with van der Waals surface area (Å²) in [5.74, 6) is -0.819. The van der Waals surface area contributed by atoms with E-state index in [0.29, 0.717) is 30.6 Å². The Kier molecular flexibility index (Phi) is 5.59. The van der Waals surface area contributed by atoms with Gasteiger partial charge in [0.05, 0.1) is 12.7 Å². The quantitative estimate of drug-likeness (QED) is 0.615. The van der Waals surface area contributed by atoms with Gasteiger partial charge in [-0.25, -0.2) is 4.79 Å². The molecule has 6 nitrogen and oxygen atoms in total. The van der Waals surface area contributed by atoms with Gasteiger partial charge in [0.25, 0.3) is 0 Å². The number of nitrogens with zero attached hydrogens (tertiary/aromatic N) is 1. The van der Waals surface area contributed by atoms with E-state index in [-0.39, 0.29) is 11.8 Å². The molecule has 1 aromatic carbocycles. The van der Waals surface area contributed by atoms with Gasteiger partial charge in [-0.3, -0.25) is 9.59 Å². The number of hydrogen-bond acceptors (Lipinski definition) is 4. The van der Waals surface area contributed by atoms with Crippen molar-refractivity contribution in [2.24, 2.45) is 5.41 Å². The fourth-order valence-corrected chi connectivity index (χ4v) is 2.58. The summed E-state index contributed by atoms with van der Waals surface area (Å²) in [4.78, 5) is 38.1. The first-order valence-corrected chi connectivity index (χ1v) is 8.20. The van der Waals surface area contributed by atoms with Gasteiger partial charge >= 0.3 is 5.97 Å². The largest absolute Gasteiger partial charge is 0.465 e. The Morgan fingerprint density at radius 1 is 1.21 bits per heavy atom. The van der Waals surface area contributed by atoms with Crippen LogP contribution in [0, 0.1) is 5.41 Å². The third-order valence-corrected chi connectivity index (χ3v) is 4.35. The Balaban J connectivity index is 2.01. The molecule has 0 saturated heterocycles. The smallest absolute Gasteiger partial charge is 0.337 e. The van der Waals surface area contributed by atoms with Crippen LogP contribution in [0.1, 0.15) is 43.0 Å². The molecular formula is C18H24N2O4. The van der Waals surface area contributed by atoms with Crippen LogP contribution in [0.25, 0.3) is 0 Å². The number of hydrogen-bond donors (Lipinski definition) is 1. The van der Waals surface area contributed by atoms with Crippen molar-refractivity contribution in [2.75, 3.05) is 26.0 Å². The fourth-order valence-electron chi connectivity index (χ4n) is 2.58. The summed E-state index contributed by atoms with van der Waals surface area (Å²) >= 11 is 0. The summed E-state index contributed by atoms with van der Waals surface area (Å²) in [7, 11) is 3.06. The molecule has 0 bridgehead atoms. The molecule has 0 radical (unpaired) electrons. The maximum atomic E-state index is 12.6. The molecule has 0 unspecified atom stereocenters. The van der Waals surface area contributed by atoms with E-state index in [2.05, 4.69) is 17.0 Å². The number of unbranched alkanes of at least 4 members (excludes halogenated alkanes) is 1. The zero-order valence-corrected chi connectivity index (χ0v) is 14.4. The normalized spacial score (nSPS) is 14.6. The summed E-state index contributed by atoms with van der Waals surface area (Å²) in [5, 5.41) is 2.78. The van der Waals surface area contributed by atoms with Crippen molar-refractivity contribution in [1.29, 1.82) is 0 Å². The van der Waals surface area contributed by atoms with Gasteiger partial charge in [0.1, 0.15) is 5.41 Å². The summed E-state index contributed by atoms with van der Waals surface area (Å²) < 4.78 is 4.64. The summed E-state index contributed by atoms with van der Waals surface area (Å²) in [6, 6.07) is 6.42. The molecular weight excluding hydrogens is 308 g/mol. The van der Waals surface area contributed by atoms with Crippen LogP contribution in [0.15, 0.2) is 24.3 Å². The first kappa shape index (κ1) is 18.0. The van der Waals surface area contributed by atoms with Crippen molar-refractivity contribution in [3.05, 3.63) is 29.8 Å². The fraction of sp³-hybridized carbons (Fsp3) is 0.500. The monoisotopic (exact) mass is 332 g/mol. The average Bonchev–Trinajstić information content (AvgIpc) is 3.40. The van der Waals surface area contributed by atoms with Crippen molar-refractivity contribution >= 4 is 23.5 Å². The average molecular weight is 332 g/mol. The predicted molar refractivity (Wildman–Crippen MR) is 90.6 cm³/mol. The Hall–Kier alpha value is -2.37. The van der Waals surface area contributed by atoms with Gasteiger partial charge < -0.3 is 15.0 Å². The number of nitrogens with one attached hydrogen (secondary N) is 1. The van der Waals surface area contributed by atoms with E-state index in [4.69, 9.17) is 0 Å². The Labute approximate surface area is 142 Å². The van der Waals surface area contributed by atoms with Crippen LogP contribution in [0.5, 0.6) is 0 Å². The highest BCUT2D eigenvalue weighted by Crippen LogP contribution is 2.48. The van der Waals surface area contributed by atoms with E-state index < -0.39 is 11.4 Å². The number of carbonyl (C=O) groups excluding carboxylic acids is 3. The molecule has 1 N–H and O–H groups in total. The first-order chi connectivity index (χ1) is 11.4. The maximum absolute atomic E-state index is 12.6. The maximum Gasteiger partial charge on any atom is 0.337 e. The molecule has 0 atom stereocenters. The minimum atomic E-state index is -0.927. The molecule has 1 fully saturated rings. The lowest BCUT2D eigenvalue weighted by atomic mass is 10.0. The van der Waals surface area contributed by atoms with Crippen molar-refractivity contribution in [2.45, 2.75) is 32.6 Å². The lowest BCUT2D eigenvalue weighted by Crippen LogP contribution is -2.41. The minimum Gasteiger partial charge on any atom is -0.465 e. The zero-order valence-electron chi connectivity index (χ0n) is 14.4.